The standard InChI is InChI=1S/C14H16Cl2FN3O/c1-3-18-13(21)4-5-20-12-6-9(16)10(17)7-11(12)19-14(20)8(2)15/h6-8H,3-5H2,1-2H3,(H,18,21). The van der Waals surface area contributed by atoms with Crippen LogP contribution in [0.2, 0.25) is 5.02 Å². The predicted molar refractivity (Wildman–Crippen MR) is 82.3 cm³/mol. The number of rotatable bonds is 5. The highest BCUT2D eigenvalue weighted by Gasteiger charge is 2.17. The summed E-state index contributed by atoms with van der Waals surface area (Å²) >= 11 is 12.0. The molecule has 1 aromatic heterocycles. The third-order valence-corrected chi connectivity index (χ3v) is 3.60. The first kappa shape index (κ1) is 16.0. The van der Waals surface area contributed by atoms with Crippen LogP contribution in [0, 0.1) is 5.82 Å². The van der Waals surface area contributed by atoms with E-state index in [9.17, 15) is 9.18 Å². The predicted octanol–water partition coefficient (Wildman–Crippen LogP) is 3.65. The maximum Gasteiger partial charge on any atom is 0.221 e. The van der Waals surface area contributed by atoms with E-state index < -0.39 is 5.82 Å². The number of nitrogens with zero attached hydrogens (tertiary/aromatic N) is 2. The SMILES string of the molecule is CCNC(=O)CCn1c(C(C)Cl)nc2cc(F)c(Cl)cc21. The van der Waals surface area contributed by atoms with Gasteiger partial charge in [-0.25, -0.2) is 9.37 Å². The monoisotopic (exact) mass is 331 g/mol. The molecule has 1 unspecified atom stereocenters. The second-order valence-electron chi connectivity index (χ2n) is 4.70. The first-order valence-corrected chi connectivity index (χ1v) is 7.51. The lowest BCUT2D eigenvalue weighted by molar-refractivity contribution is -0.121. The smallest absolute Gasteiger partial charge is 0.221 e. The van der Waals surface area contributed by atoms with Crippen molar-refractivity contribution in [3.05, 3.63) is 28.8 Å². The fraction of sp³-hybridized carbons (Fsp3) is 0.429. The van der Waals surface area contributed by atoms with Crippen LogP contribution in [0.1, 0.15) is 31.5 Å². The summed E-state index contributed by atoms with van der Waals surface area (Å²) in [6.07, 6.45) is 0.297. The highest BCUT2D eigenvalue weighted by molar-refractivity contribution is 6.31. The van der Waals surface area contributed by atoms with Crippen LogP contribution < -0.4 is 5.32 Å². The van der Waals surface area contributed by atoms with Crippen LogP contribution in [0.25, 0.3) is 11.0 Å². The topological polar surface area (TPSA) is 46.9 Å². The minimum Gasteiger partial charge on any atom is -0.356 e. The van der Waals surface area contributed by atoms with E-state index in [1.807, 2.05) is 11.5 Å². The second kappa shape index (κ2) is 6.62. The summed E-state index contributed by atoms with van der Waals surface area (Å²) in [6, 6.07) is 2.79. The molecule has 0 radical (unpaired) electrons. The highest BCUT2D eigenvalue weighted by Crippen LogP contribution is 2.28. The average molecular weight is 332 g/mol. The van der Waals surface area contributed by atoms with Gasteiger partial charge in [0.1, 0.15) is 11.6 Å². The van der Waals surface area contributed by atoms with Crippen molar-refractivity contribution in [1.82, 2.24) is 14.9 Å². The Morgan fingerprint density at radius 2 is 2.24 bits per heavy atom. The number of amides is 1. The van der Waals surface area contributed by atoms with Gasteiger partial charge >= 0.3 is 0 Å². The molecule has 0 bridgehead atoms. The number of aromatic nitrogens is 2. The molecular formula is C14H16Cl2FN3O. The molecule has 0 fully saturated rings. The van der Waals surface area contributed by atoms with E-state index in [0.717, 1.165) is 0 Å². The summed E-state index contributed by atoms with van der Waals surface area (Å²) in [5, 5.41) is 2.40. The molecule has 0 saturated heterocycles. The lowest BCUT2D eigenvalue weighted by Crippen LogP contribution is -2.24. The fourth-order valence-electron chi connectivity index (χ4n) is 2.18. The minimum absolute atomic E-state index is 0.0236. The third kappa shape index (κ3) is 3.47. The second-order valence-corrected chi connectivity index (χ2v) is 5.76. The van der Waals surface area contributed by atoms with Crippen molar-refractivity contribution in [3.8, 4) is 0 Å². The van der Waals surface area contributed by atoms with E-state index in [1.165, 1.54) is 12.1 Å². The first-order chi connectivity index (χ1) is 9.93. The summed E-state index contributed by atoms with van der Waals surface area (Å²) in [5.74, 6) is 0.0182. The quantitative estimate of drug-likeness (QED) is 0.850. The van der Waals surface area contributed by atoms with Crippen molar-refractivity contribution in [3.63, 3.8) is 0 Å². The third-order valence-electron chi connectivity index (χ3n) is 3.11. The van der Waals surface area contributed by atoms with E-state index in [0.29, 0.717) is 36.4 Å². The van der Waals surface area contributed by atoms with Gasteiger partial charge in [0.15, 0.2) is 0 Å². The van der Waals surface area contributed by atoms with Crippen LogP contribution in [0.15, 0.2) is 12.1 Å². The number of benzene rings is 1. The van der Waals surface area contributed by atoms with E-state index in [4.69, 9.17) is 23.2 Å². The molecule has 1 heterocycles. The summed E-state index contributed by atoms with van der Waals surface area (Å²) < 4.78 is 15.3. The number of halogens is 3. The molecule has 114 valence electrons. The molecule has 0 aliphatic carbocycles. The van der Waals surface area contributed by atoms with Crippen LogP contribution in [0.3, 0.4) is 0 Å². The van der Waals surface area contributed by atoms with Crippen molar-refractivity contribution in [1.29, 1.82) is 0 Å². The van der Waals surface area contributed by atoms with Crippen molar-refractivity contribution < 1.29 is 9.18 Å². The van der Waals surface area contributed by atoms with Crippen molar-refractivity contribution >= 4 is 40.1 Å². The van der Waals surface area contributed by atoms with Crippen molar-refractivity contribution in [2.24, 2.45) is 0 Å². The largest absolute Gasteiger partial charge is 0.356 e. The van der Waals surface area contributed by atoms with Crippen LogP contribution in [-0.4, -0.2) is 22.0 Å². The van der Waals surface area contributed by atoms with Gasteiger partial charge in [-0.2, -0.15) is 0 Å². The van der Waals surface area contributed by atoms with Gasteiger partial charge in [-0.1, -0.05) is 11.6 Å². The Morgan fingerprint density at radius 3 is 2.86 bits per heavy atom. The lowest BCUT2D eigenvalue weighted by Gasteiger charge is -2.10. The summed E-state index contributed by atoms with van der Waals surface area (Å²) in [7, 11) is 0. The number of carbonyl (C=O) groups excluding carboxylic acids is 1. The molecule has 21 heavy (non-hydrogen) atoms. The number of fused-ring (bicyclic) bond motifs is 1. The van der Waals surface area contributed by atoms with Gasteiger partial charge in [0.2, 0.25) is 5.91 Å². The fourth-order valence-corrected chi connectivity index (χ4v) is 2.50. The number of hydrogen-bond donors (Lipinski definition) is 1. The number of hydrogen-bond acceptors (Lipinski definition) is 2. The molecule has 2 aromatic rings. The zero-order valence-corrected chi connectivity index (χ0v) is 13.3. The number of nitrogens with one attached hydrogen (secondary N) is 1. The summed E-state index contributed by atoms with van der Waals surface area (Å²) in [6.45, 7) is 4.64. The Bertz CT molecular complexity index is 670. The minimum atomic E-state index is -0.522. The van der Waals surface area contributed by atoms with Crippen molar-refractivity contribution in [2.45, 2.75) is 32.2 Å². The van der Waals surface area contributed by atoms with Gasteiger partial charge in [0, 0.05) is 25.6 Å². The van der Waals surface area contributed by atoms with Gasteiger partial charge in [-0.05, 0) is 19.9 Å². The molecule has 0 spiro atoms. The maximum atomic E-state index is 13.5. The van der Waals surface area contributed by atoms with Crippen LogP contribution in [-0.2, 0) is 11.3 Å². The number of imidazole rings is 1. The molecular weight excluding hydrogens is 316 g/mol. The molecule has 0 saturated carbocycles. The van der Waals surface area contributed by atoms with E-state index in [1.54, 1.807) is 6.92 Å². The normalized spacial score (nSPS) is 12.6. The Kier molecular flexibility index (Phi) is 5.06. The first-order valence-electron chi connectivity index (χ1n) is 6.70. The molecule has 1 aromatic carbocycles. The maximum absolute atomic E-state index is 13.5. The molecule has 1 amide bonds. The molecule has 0 aliphatic rings. The Hall–Kier alpha value is -1.33. The van der Waals surface area contributed by atoms with Gasteiger partial charge in [0.25, 0.3) is 0 Å². The highest BCUT2D eigenvalue weighted by atomic mass is 35.5. The summed E-state index contributed by atoms with van der Waals surface area (Å²) in [5.41, 5.74) is 1.16. The van der Waals surface area contributed by atoms with Crippen LogP contribution in [0.4, 0.5) is 4.39 Å². The van der Waals surface area contributed by atoms with Gasteiger partial charge in [-0.3, -0.25) is 4.79 Å². The van der Waals surface area contributed by atoms with Gasteiger partial charge in [-0.15, -0.1) is 11.6 Å². The van der Waals surface area contributed by atoms with Gasteiger partial charge in [0.05, 0.1) is 21.4 Å². The molecule has 0 aliphatic heterocycles. The average Bonchev–Trinajstić information content (AvgIpc) is 2.75. The molecule has 4 nitrogen and oxygen atoms in total. The molecule has 1 N–H and O–H groups in total. The summed E-state index contributed by atoms with van der Waals surface area (Å²) in [4.78, 5) is 16.0. The molecule has 1 atom stereocenters. The Morgan fingerprint density at radius 1 is 1.52 bits per heavy atom. The number of aryl methyl sites for hydroxylation is 1. The molecule has 7 heteroatoms. The van der Waals surface area contributed by atoms with Gasteiger partial charge < -0.3 is 9.88 Å². The van der Waals surface area contributed by atoms with E-state index in [2.05, 4.69) is 10.3 Å². The number of alkyl halides is 1. The Labute approximate surface area is 132 Å². The van der Waals surface area contributed by atoms with Crippen LogP contribution >= 0.6 is 23.2 Å². The van der Waals surface area contributed by atoms with E-state index in [-0.39, 0.29) is 16.3 Å². The number of carbonyl (C=O) groups is 1. The van der Waals surface area contributed by atoms with Crippen LogP contribution in [0.5, 0.6) is 0 Å². The molecule has 2 rings (SSSR count). The zero-order valence-electron chi connectivity index (χ0n) is 11.8. The lowest BCUT2D eigenvalue weighted by atomic mass is 10.3. The zero-order chi connectivity index (χ0) is 15.6. The Balaban J connectivity index is 2.41. The van der Waals surface area contributed by atoms with E-state index >= 15 is 0 Å². The van der Waals surface area contributed by atoms with Crippen molar-refractivity contribution in [2.75, 3.05) is 6.54 Å².